The Morgan fingerprint density at radius 3 is 2.60 bits per heavy atom. The number of ether oxygens (including phenoxy) is 1. The Morgan fingerprint density at radius 1 is 1.45 bits per heavy atom. The van der Waals surface area contributed by atoms with E-state index >= 15 is 0 Å². The van der Waals surface area contributed by atoms with Gasteiger partial charge in [-0.2, -0.15) is 0 Å². The van der Waals surface area contributed by atoms with Gasteiger partial charge in [-0.1, -0.05) is 12.1 Å². The molecule has 108 valence electrons. The lowest BCUT2D eigenvalue weighted by Crippen LogP contribution is -2.38. The minimum atomic E-state index is -0.372. The average Bonchev–Trinajstić information content (AvgIpc) is 2.91. The van der Waals surface area contributed by atoms with Gasteiger partial charge in [0.15, 0.2) is 5.84 Å². The third-order valence-electron chi connectivity index (χ3n) is 3.62. The summed E-state index contributed by atoms with van der Waals surface area (Å²) in [5.74, 6) is 0.228. The maximum atomic E-state index is 12.3. The summed E-state index contributed by atoms with van der Waals surface area (Å²) in [5.41, 5.74) is 6.84. The molecule has 1 aromatic rings. The molecule has 2 unspecified atom stereocenters. The van der Waals surface area contributed by atoms with Crippen molar-refractivity contribution < 1.29 is 14.7 Å². The molecule has 1 amide bonds. The van der Waals surface area contributed by atoms with Crippen molar-refractivity contribution in [1.82, 2.24) is 0 Å². The number of hydrogen-bond donors (Lipinski definition) is 2. The molecule has 1 aromatic carbocycles. The van der Waals surface area contributed by atoms with E-state index in [2.05, 4.69) is 5.16 Å². The minimum absolute atomic E-state index is 0.0401. The van der Waals surface area contributed by atoms with Gasteiger partial charge >= 0.3 is 0 Å². The molecule has 2 rings (SSSR count). The van der Waals surface area contributed by atoms with Crippen molar-refractivity contribution in [3.05, 3.63) is 29.8 Å². The number of oxime groups is 1. The zero-order valence-electron chi connectivity index (χ0n) is 11.6. The summed E-state index contributed by atoms with van der Waals surface area (Å²) >= 11 is 0. The first-order valence-corrected chi connectivity index (χ1v) is 6.51. The maximum Gasteiger partial charge on any atom is 0.256 e. The van der Waals surface area contributed by atoms with E-state index in [1.807, 2.05) is 6.92 Å². The Morgan fingerprint density at radius 2 is 2.10 bits per heavy atom. The lowest BCUT2D eigenvalue weighted by molar-refractivity contribution is -0.128. The van der Waals surface area contributed by atoms with Gasteiger partial charge < -0.3 is 20.6 Å². The fraction of sp³-hybridized carbons (Fsp3) is 0.429. The molecule has 0 saturated carbocycles. The van der Waals surface area contributed by atoms with Crippen LogP contribution in [0.3, 0.4) is 0 Å². The van der Waals surface area contributed by atoms with Gasteiger partial charge in [0, 0.05) is 24.9 Å². The molecule has 0 aromatic heterocycles. The quantitative estimate of drug-likeness (QED) is 0.376. The number of rotatable bonds is 3. The zero-order chi connectivity index (χ0) is 14.7. The van der Waals surface area contributed by atoms with E-state index in [1.165, 1.54) is 0 Å². The highest BCUT2D eigenvalue weighted by Crippen LogP contribution is 2.24. The molecule has 0 spiro atoms. The smallest absolute Gasteiger partial charge is 0.256 e. The number of carbonyl (C=O) groups excluding carboxylic acids is 1. The molecule has 1 saturated heterocycles. The van der Waals surface area contributed by atoms with Gasteiger partial charge in [0.1, 0.15) is 6.10 Å². The standard InChI is InChI=1S/C14H19N3O3/c1-9-7-8-20-12(9)14(18)17(2)11-5-3-10(4-6-11)13(15)16-19/h3-6,9,12,19H,7-8H2,1-2H3,(H2,15,16). The molecule has 0 bridgehead atoms. The van der Waals surface area contributed by atoms with Crippen LogP contribution >= 0.6 is 0 Å². The molecule has 2 atom stereocenters. The highest BCUT2D eigenvalue weighted by molar-refractivity contribution is 5.99. The van der Waals surface area contributed by atoms with E-state index in [0.717, 1.165) is 12.1 Å². The van der Waals surface area contributed by atoms with Gasteiger partial charge in [-0.3, -0.25) is 4.79 Å². The van der Waals surface area contributed by atoms with Crippen LogP contribution in [-0.4, -0.2) is 36.7 Å². The summed E-state index contributed by atoms with van der Waals surface area (Å²) in [4.78, 5) is 13.9. The number of amides is 1. The van der Waals surface area contributed by atoms with Crippen LogP contribution in [0.5, 0.6) is 0 Å². The molecule has 3 N–H and O–H groups in total. The number of anilines is 1. The van der Waals surface area contributed by atoms with E-state index in [4.69, 9.17) is 15.7 Å². The van der Waals surface area contributed by atoms with Crippen molar-refractivity contribution in [3.63, 3.8) is 0 Å². The monoisotopic (exact) mass is 277 g/mol. The molecular formula is C14H19N3O3. The van der Waals surface area contributed by atoms with Crippen LogP contribution in [0.4, 0.5) is 5.69 Å². The third-order valence-corrected chi connectivity index (χ3v) is 3.62. The Kier molecular flexibility index (Phi) is 4.24. The van der Waals surface area contributed by atoms with E-state index in [-0.39, 0.29) is 23.8 Å². The normalized spacial score (nSPS) is 22.8. The summed E-state index contributed by atoms with van der Waals surface area (Å²) in [6.45, 7) is 2.65. The van der Waals surface area contributed by atoms with Gasteiger partial charge in [0.05, 0.1) is 0 Å². The second-order valence-electron chi connectivity index (χ2n) is 4.99. The van der Waals surface area contributed by atoms with E-state index in [0.29, 0.717) is 12.2 Å². The van der Waals surface area contributed by atoms with Gasteiger partial charge in [-0.05, 0) is 36.6 Å². The molecule has 6 nitrogen and oxygen atoms in total. The largest absolute Gasteiger partial charge is 0.409 e. The van der Waals surface area contributed by atoms with Gasteiger partial charge in [-0.15, -0.1) is 0 Å². The number of benzene rings is 1. The summed E-state index contributed by atoms with van der Waals surface area (Å²) in [5, 5.41) is 11.5. The van der Waals surface area contributed by atoms with E-state index in [1.54, 1.807) is 36.2 Å². The zero-order valence-corrected chi connectivity index (χ0v) is 11.6. The number of hydrogen-bond acceptors (Lipinski definition) is 4. The summed E-state index contributed by atoms with van der Waals surface area (Å²) in [7, 11) is 1.72. The molecule has 0 aliphatic carbocycles. The van der Waals surface area contributed by atoms with Crippen molar-refractivity contribution in [3.8, 4) is 0 Å². The van der Waals surface area contributed by atoms with Crippen LogP contribution in [-0.2, 0) is 9.53 Å². The molecule has 1 aliphatic rings. The van der Waals surface area contributed by atoms with Crippen LogP contribution in [0.1, 0.15) is 18.9 Å². The molecular weight excluding hydrogens is 258 g/mol. The molecule has 1 aliphatic heterocycles. The highest BCUT2D eigenvalue weighted by Gasteiger charge is 2.33. The Bertz CT molecular complexity index is 513. The fourth-order valence-electron chi connectivity index (χ4n) is 2.24. The van der Waals surface area contributed by atoms with Crippen molar-refractivity contribution in [2.75, 3.05) is 18.6 Å². The van der Waals surface area contributed by atoms with E-state index in [9.17, 15) is 4.79 Å². The van der Waals surface area contributed by atoms with E-state index < -0.39 is 0 Å². The molecule has 20 heavy (non-hydrogen) atoms. The summed E-state index contributed by atoms with van der Waals surface area (Å²) < 4.78 is 5.49. The lowest BCUT2D eigenvalue weighted by atomic mass is 10.0. The Labute approximate surface area is 117 Å². The second kappa shape index (κ2) is 5.92. The van der Waals surface area contributed by atoms with Gasteiger partial charge in [0.2, 0.25) is 0 Å². The fourth-order valence-corrected chi connectivity index (χ4v) is 2.24. The average molecular weight is 277 g/mol. The third kappa shape index (κ3) is 2.75. The van der Waals surface area contributed by atoms with Crippen LogP contribution in [0.25, 0.3) is 0 Å². The Hall–Kier alpha value is -2.08. The molecule has 1 heterocycles. The topological polar surface area (TPSA) is 88.2 Å². The van der Waals surface area contributed by atoms with Crippen LogP contribution in [0.2, 0.25) is 0 Å². The number of nitrogens with two attached hydrogens (primary N) is 1. The number of carbonyl (C=O) groups is 1. The van der Waals surface area contributed by atoms with Crippen molar-refractivity contribution >= 4 is 17.4 Å². The molecule has 0 radical (unpaired) electrons. The first kappa shape index (κ1) is 14.3. The molecule has 6 heteroatoms. The van der Waals surface area contributed by atoms with Crippen LogP contribution < -0.4 is 10.6 Å². The SMILES string of the molecule is CC1CCOC1C(=O)N(C)c1ccc(/C(N)=N/O)cc1. The maximum absolute atomic E-state index is 12.3. The first-order valence-electron chi connectivity index (χ1n) is 6.51. The highest BCUT2D eigenvalue weighted by atomic mass is 16.5. The van der Waals surface area contributed by atoms with Gasteiger partial charge in [-0.25, -0.2) is 0 Å². The number of nitrogens with zero attached hydrogens (tertiary/aromatic N) is 2. The second-order valence-corrected chi connectivity index (χ2v) is 4.99. The van der Waals surface area contributed by atoms with Crippen LogP contribution in [0, 0.1) is 5.92 Å². The van der Waals surface area contributed by atoms with Gasteiger partial charge in [0.25, 0.3) is 5.91 Å². The van der Waals surface area contributed by atoms with Crippen molar-refractivity contribution in [2.45, 2.75) is 19.4 Å². The predicted molar refractivity (Wildman–Crippen MR) is 75.9 cm³/mol. The van der Waals surface area contributed by atoms with Crippen molar-refractivity contribution in [2.24, 2.45) is 16.8 Å². The first-order chi connectivity index (χ1) is 9.54. The number of likely N-dealkylation sites (N-methyl/N-ethyl adjacent to an activating group) is 1. The van der Waals surface area contributed by atoms with Crippen LogP contribution in [0.15, 0.2) is 29.4 Å². The lowest BCUT2D eigenvalue weighted by Gasteiger charge is -2.23. The Balaban J connectivity index is 2.12. The summed E-state index contributed by atoms with van der Waals surface area (Å²) in [6.07, 6.45) is 0.538. The van der Waals surface area contributed by atoms with Crippen molar-refractivity contribution in [1.29, 1.82) is 0 Å². The molecule has 1 fully saturated rings. The number of amidine groups is 1. The minimum Gasteiger partial charge on any atom is -0.409 e. The summed E-state index contributed by atoms with van der Waals surface area (Å²) in [6, 6.07) is 6.91. The predicted octanol–water partition coefficient (Wildman–Crippen LogP) is 1.17.